The zero-order valence-electron chi connectivity index (χ0n) is 34.4. The number of aliphatic hydroxyl groups is 2. The molecule has 0 aromatic rings. The summed E-state index contributed by atoms with van der Waals surface area (Å²) in [6.45, 7) is 7.03. The number of carbonyl (C=O) groups excluding carboxylic acids is 4. The number of esters is 2. The van der Waals surface area contributed by atoms with Crippen LogP contribution in [0.1, 0.15) is 233 Å². The average Bonchev–Trinajstić information content (AvgIpc) is 3.13. The lowest BCUT2D eigenvalue weighted by molar-refractivity contribution is -0.212. The van der Waals surface area contributed by atoms with Gasteiger partial charge in [0.25, 0.3) is 11.2 Å². The summed E-state index contributed by atoms with van der Waals surface area (Å²) < 4.78 is 9.97. The van der Waals surface area contributed by atoms with E-state index >= 15 is 0 Å². The van der Waals surface area contributed by atoms with Crippen molar-refractivity contribution < 1.29 is 38.9 Å². The third-order valence-electron chi connectivity index (χ3n) is 10.5. The summed E-state index contributed by atoms with van der Waals surface area (Å²) in [5, 5.41) is 23.2. The molecule has 0 heterocycles. The van der Waals surface area contributed by atoms with Gasteiger partial charge in [-0.3, -0.25) is 9.59 Å². The van der Waals surface area contributed by atoms with Crippen LogP contribution in [0.3, 0.4) is 0 Å². The molecule has 0 spiro atoms. The quantitative estimate of drug-likeness (QED) is 0.0362. The van der Waals surface area contributed by atoms with Crippen LogP contribution < -0.4 is 0 Å². The van der Waals surface area contributed by atoms with Crippen molar-refractivity contribution in [3.05, 3.63) is 0 Å². The maximum Gasteiger partial charge on any atom is 0.350 e. The Morgan fingerprint density at radius 2 is 0.538 bits per heavy atom. The van der Waals surface area contributed by atoms with Crippen LogP contribution in [-0.2, 0) is 28.7 Å². The lowest BCUT2D eigenvalue weighted by Gasteiger charge is -2.37. The van der Waals surface area contributed by atoms with Crippen LogP contribution in [0.15, 0.2) is 0 Å². The van der Waals surface area contributed by atoms with E-state index in [4.69, 9.17) is 9.47 Å². The summed E-state index contributed by atoms with van der Waals surface area (Å²) in [6.07, 6.45) is 33.6. The first-order valence-corrected chi connectivity index (χ1v) is 22.0. The molecule has 52 heavy (non-hydrogen) atoms. The molecule has 0 bridgehead atoms. The minimum absolute atomic E-state index is 0.209. The van der Waals surface area contributed by atoms with E-state index in [0.717, 1.165) is 38.5 Å². The molecule has 0 aromatic carbocycles. The molecule has 0 radical (unpaired) electrons. The highest BCUT2D eigenvalue weighted by Gasteiger charge is 2.69. The van der Waals surface area contributed by atoms with Gasteiger partial charge in [-0.1, -0.05) is 194 Å². The largest absolute Gasteiger partial charge is 0.463 e. The molecule has 8 heteroatoms. The summed E-state index contributed by atoms with van der Waals surface area (Å²) in [5.74, 6) is -5.19. The summed E-state index contributed by atoms with van der Waals surface area (Å²) >= 11 is 0. The molecule has 0 saturated heterocycles. The monoisotopic (exact) mass is 739 g/mol. The second-order valence-electron chi connectivity index (χ2n) is 15.1. The fourth-order valence-corrected chi connectivity index (χ4v) is 7.07. The van der Waals surface area contributed by atoms with Gasteiger partial charge in [0.15, 0.2) is 11.6 Å². The Morgan fingerprint density at radius 1 is 0.346 bits per heavy atom. The van der Waals surface area contributed by atoms with Gasteiger partial charge < -0.3 is 19.7 Å². The molecular formula is C44H82O8. The lowest BCUT2D eigenvalue weighted by atomic mass is 9.73. The van der Waals surface area contributed by atoms with E-state index in [-0.39, 0.29) is 26.1 Å². The molecule has 0 amide bonds. The van der Waals surface area contributed by atoms with Crippen molar-refractivity contribution in [3.8, 4) is 0 Å². The van der Waals surface area contributed by atoms with Gasteiger partial charge in [0.05, 0.1) is 13.2 Å². The fourth-order valence-electron chi connectivity index (χ4n) is 7.07. The summed E-state index contributed by atoms with van der Waals surface area (Å²) in [5.41, 5.74) is -6.75. The van der Waals surface area contributed by atoms with Gasteiger partial charge in [0, 0.05) is 12.8 Å². The number of rotatable bonds is 39. The number of carbonyl (C=O) groups is 4. The van der Waals surface area contributed by atoms with Crippen molar-refractivity contribution in [3.63, 3.8) is 0 Å². The molecule has 0 aliphatic carbocycles. The highest BCUT2D eigenvalue weighted by Crippen LogP contribution is 2.32. The van der Waals surface area contributed by atoms with E-state index in [2.05, 4.69) is 13.8 Å². The lowest BCUT2D eigenvalue weighted by Crippen LogP contribution is -2.72. The number of Topliss-reactive ketones (excluding diaryl/α,β-unsaturated/α-hetero) is 2. The Bertz CT molecular complexity index is 833. The maximum atomic E-state index is 13.5. The van der Waals surface area contributed by atoms with Gasteiger partial charge in [0.2, 0.25) is 0 Å². The molecule has 0 aliphatic rings. The molecule has 0 aromatic heterocycles. The number of unbranched alkanes of at least 4 members (excludes halogenated alkanes) is 28. The Hall–Kier alpha value is -1.80. The van der Waals surface area contributed by atoms with Crippen LogP contribution in [0.4, 0.5) is 0 Å². The van der Waals surface area contributed by atoms with Gasteiger partial charge in [-0.25, -0.2) is 9.59 Å². The minimum Gasteiger partial charge on any atom is -0.463 e. The highest BCUT2D eigenvalue weighted by molar-refractivity contribution is 6.22. The van der Waals surface area contributed by atoms with Crippen LogP contribution >= 0.6 is 0 Å². The smallest absolute Gasteiger partial charge is 0.350 e. The van der Waals surface area contributed by atoms with Gasteiger partial charge in [-0.05, 0) is 26.7 Å². The van der Waals surface area contributed by atoms with E-state index < -0.39 is 34.7 Å². The maximum absolute atomic E-state index is 13.5. The van der Waals surface area contributed by atoms with Crippen molar-refractivity contribution >= 4 is 23.5 Å². The van der Waals surface area contributed by atoms with Crippen molar-refractivity contribution in [2.24, 2.45) is 0 Å². The van der Waals surface area contributed by atoms with Crippen molar-refractivity contribution in [2.75, 3.05) is 13.2 Å². The Kier molecular flexibility index (Phi) is 32.6. The van der Waals surface area contributed by atoms with Gasteiger partial charge in [-0.2, -0.15) is 0 Å². The van der Waals surface area contributed by atoms with Crippen molar-refractivity contribution in [1.29, 1.82) is 0 Å². The predicted octanol–water partition coefficient (Wildman–Crippen LogP) is 11.2. The molecule has 2 atom stereocenters. The van der Waals surface area contributed by atoms with Crippen LogP contribution in [-0.4, -0.2) is 58.1 Å². The molecule has 306 valence electrons. The van der Waals surface area contributed by atoms with Crippen LogP contribution in [0.25, 0.3) is 0 Å². The van der Waals surface area contributed by atoms with Crippen LogP contribution in [0.5, 0.6) is 0 Å². The normalized spacial score (nSPS) is 13.7. The standard InChI is InChI=1S/C44H82O8/c1-5-9-11-13-15-17-19-21-23-25-27-29-31-33-35-37-39(45)43(49,41(47)51-7-3)44(50,42(48)52-8-4)40(46)38-36-34-32-30-28-26-24-22-20-18-16-14-12-10-6-2/h49-50H,5-38H2,1-4H3. The zero-order valence-corrected chi connectivity index (χ0v) is 34.4. The van der Waals surface area contributed by atoms with E-state index in [9.17, 15) is 29.4 Å². The Labute approximate surface area is 319 Å². The Morgan fingerprint density at radius 3 is 0.731 bits per heavy atom. The van der Waals surface area contributed by atoms with E-state index in [1.165, 1.54) is 142 Å². The van der Waals surface area contributed by atoms with E-state index in [0.29, 0.717) is 25.7 Å². The van der Waals surface area contributed by atoms with Crippen LogP contribution in [0, 0.1) is 0 Å². The number of ketones is 2. The third kappa shape index (κ3) is 21.2. The summed E-state index contributed by atoms with van der Waals surface area (Å²) in [6, 6.07) is 0. The molecule has 0 saturated carbocycles. The predicted molar refractivity (Wildman–Crippen MR) is 212 cm³/mol. The summed E-state index contributed by atoms with van der Waals surface area (Å²) in [4.78, 5) is 53.3. The second-order valence-corrected chi connectivity index (χ2v) is 15.1. The number of hydrogen-bond donors (Lipinski definition) is 2. The van der Waals surface area contributed by atoms with Gasteiger partial charge in [0.1, 0.15) is 0 Å². The first-order chi connectivity index (χ1) is 25.2. The fraction of sp³-hybridized carbons (Fsp3) is 0.909. The van der Waals surface area contributed by atoms with Gasteiger partial charge >= 0.3 is 11.9 Å². The van der Waals surface area contributed by atoms with Crippen molar-refractivity contribution in [1.82, 2.24) is 0 Å². The highest BCUT2D eigenvalue weighted by atomic mass is 16.6. The minimum atomic E-state index is -3.38. The first kappa shape index (κ1) is 50.2. The second kappa shape index (κ2) is 33.7. The van der Waals surface area contributed by atoms with E-state index in [1.54, 1.807) is 0 Å². The Balaban J connectivity index is 4.79. The summed E-state index contributed by atoms with van der Waals surface area (Å²) in [7, 11) is 0. The molecule has 0 aliphatic heterocycles. The molecule has 2 N–H and O–H groups in total. The molecule has 0 rings (SSSR count). The zero-order chi connectivity index (χ0) is 38.8. The number of hydrogen-bond acceptors (Lipinski definition) is 8. The van der Waals surface area contributed by atoms with E-state index in [1.807, 2.05) is 0 Å². The molecule has 8 nitrogen and oxygen atoms in total. The van der Waals surface area contributed by atoms with Crippen molar-refractivity contribution in [2.45, 2.75) is 244 Å². The molecular weight excluding hydrogens is 656 g/mol. The first-order valence-electron chi connectivity index (χ1n) is 22.0. The molecule has 2 unspecified atom stereocenters. The molecule has 0 fully saturated rings. The topological polar surface area (TPSA) is 127 Å². The van der Waals surface area contributed by atoms with Gasteiger partial charge in [-0.15, -0.1) is 0 Å². The number of ether oxygens (including phenoxy) is 2. The SMILES string of the molecule is CCCCCCCCCCCCCCCCCC(=O)C(O)(C(=O)OCC)C(O)(C(=O)CCCCCCCCCCCCCCCCC)C(=O)OCC. The average molecular weight is 739 g/mol. The third-order valence-corrected chi connectivity index (χ3v) is 10.5. The van der Waals surface area contributed by atoms with Crippen LogP contribution in [0.2, 0.25) is 0 Å².